The molecule has 1 aliphatic heterocycles. The molecule has 1 aliphatic rings. The summed E-state index contributed by atoms with van der Waals surface area (Å²) in [5.41, 5.74) is 0. The molecular weight excluding hydrogens is 290 g/mol. The molecule has 1 unspecified atom stereocenters. The minimum Gasteiger partial charge on any atom is -0.396 e. The number of aliphatic hydroxyl groups is 1. The van der Waals surface area contributed by atoms with Crippen LogP contribution < -0.4 is 10.2 Å². The van der Waals surface area contributed by atoms with Crippen molar-refractivity contribution in [2.75, 3.05) is 31.1 Å². The Morgan fingerprint density at radius 3 is 2.81 bits per heavy atom. The van der Waals surface area contributed by atoms with Gasteiger partial charge in [0.2, 0.25) is 5.91 Å². The van der Waals surface area contributed by atoms with Gasteiger partial charge in [0.25, 0.3) is 0 Å². The van der Waals surface area contributed by atoms with Gasteiger partial charge in [0.15, 0.2) is 0 Å². The summed E-state index contributed by atoms with van der Waals surface area (Å²) in [6.45, 7) is 4.19. The third kappa shape index (κ3) is 4.58. The molecule has 1 saturated heterocycles. The molecule has 1 aromatic heterocycles. The fourth-order valence-corrected chi connectivity index (χ4v) is 2.52. The number of halogens is 1. The number of pyridine rings is 1. The molecule has 2 N–H and O–H groups in total. The molecule has 2 rings (SSSR count). The van der Waals surface area contributed by atoms with Crippen molar-refractivity contribution >= 4 is 23.3 Å². The number of nitrogens with zero attached hydrogens (tertiary/aromatic N) is 2. The second kappa shape index (κ2) is 7.61. The van der Waals surface area contributed by atoms with Crippen molar-refractivity contribution < 1.29 is 9.90 Å². The fraction of sp³-hybridized carbons (Fsp3) is 0.600. The van der Waals surface area contributed by atoms with E-state index < -0.39 is 0 Å². The summed E-state index contributed by atoms with van der Waals surface area (Å²) in [5.74, 6) is 1.16. The molecule has 1 fully saturated rings. The second-order valence-electron chi connectivity index (χ2n) is 5.63. The normalized spacial score (nSPS) is 17.6. The number of nitrogens with one attached hydrogen (secondary N) is 1. The van der Waals surface area contributed by atoms with Gasteiger partial charge in [-0.15, -0.1) is 0 Å². The monoisotopic (exact) mass is 311 g/mol. The summed E-state index contributed by atoms with van der Waals surface area (Å²) in [6.07, 6.45) is 3.29. The molecule has 116 valence electrons. The molecule has 0 aromatic carbocycles. The number of piperidine rings is 1. The Kier molecular flexibility index (Phi) is 5.82. The Bertz CT molecular complexity index is 458. The fourth-order valence-electron chi connectivity index (χ4n) is 2.41. The number of aliphatic hydroxyl groups excluding tert-OH is 1. The molecule has 21 heavy (non-hydrogen) atoms. The summed E-state index contributed by atoms with van der Waals surface area (Å²) in [5, 5.41) is 12.5. The lowest BCUT2D eigenvalue weighted by atomic mass is 9.95. The average molecular weight is 312 g/mol. The number of aromatic nitrogens is 1. The predicted molar refractivity (Wildman–Crippen MR) is 83.4 cm³/mol. The zero-order valence-corrected chi connectivity index (χ0v) is 13.0. The van der Waals surface area contributed by atoms with Crippen molar-refractivity contribution in [3.8, 4) is 0 Å². The molecule has 6 heteroatoms. The van der Waals surface area contributed by atoms with E-state index in [0.29, 0.717) is 11.6 Å². The maximum absolute atomic E-state index is 12.1. The number of rotatable bonds is 5. The lowest BCUT2D eigenvalue weighted by Crippen LogP contribution is -2.42. The Labute approximate surface area is 130 Å². The summed E-state index contributed by atoms with van der Waals surface area (Å²) >= 11 is 5.84. The predicted octanol–water partition coefficient (Wildman–Crippen LogP) is 1.70. The number of carbonyl (C=O) groups excluding carboxylic acids is 1. The molecule has 1 atom stereocenters. The highest BCUT2D eigenvalue weighted by Gasteiger charge is 2.25. The SMILES string of the molecule is CC(CO)CNC(=O)C1CCN(c2ccc(Cl)cn2)CC1. The van der Waals surface area contributed by atoms with Gasteiger partial charge in [0.1, 0.15) is 5.82 Å². The Morgan fingerprint density at radius 1 is 1.52 bits per heavy atom. The largest absolute Gasteiger partial charge is 0.396 e. The van der Waals surface area contributed by atoms with Gasteiger partial charge in [-0.05, 0) is 30.9 Å². The van der Waals surface area contributed by atoms with E-state index in [9.17, 15) is 4.79 Å². The summed E-state index contributed by atoms with van der Waals surface area (Å²) in [4.78, 5) is 18.5. The van der Waals surface area contributed by atoms with Crippen LogP contribution in [0.25, 0.3) is 0 Å². The quantitative estimate of drug-likeness (QED) is 0.868. The summed E-state index contributed by atoms with van der Waals surface area (Å²) < 4.78 is 0. The molecule has 0 spiro atoms. The van der Waals surface area contributed by atoms with E-state index in [1.54, 1.807) is 6.20 Å². The van der Waals surface area contributed by atoms with E-state index in [-0.39, 0.29) is 24.3 Å². The molecule has 0 bridgehead atoms. The van der Waals surface area contributed by atoms with Crippen molar-refractivity contribution in [2.24, 2.45) is 11.8 Å². The summed E-state index contributed by atoms with van der Waals surface area (Å²) in [6, 6.07) is 3.74. The van der Waals surface area contributed by atoms with E-state index in [4.69, 9.17) is 16.7 Å². The molecule has 1 amide bonds. The lowest BCUT2D eigenvalue weighted by molar-refractivity contribution is -0.125. The highest BCUT2D eigenvalue weighted by molar-refractivity contribution is 6.30. The van der Waals surface area contributed by atoms with Gasteiger partial charge < -0.3 is 15.3 Å². The van der Waals surface area contributed by atoms with E-state index in [2.05, 4.69) is 15.2 Å². The van der Waals surface area contributed by atoms with E-state index in [1.807, 2.05) is 19.1 Å². The highest BCUT2D eigenvalue weighted by Crippen LogP contribution is 2.22. The number of anilines is 1. The summed E-state index contributed by atoms with van der Waals surface area (Å²) in [7, 11) is 0. The van der Waals surface area contributed by atoms with Crippen molar-refractivity contribution in [1.29, 1.82) is 0 Å². The minimum atomic E-state index is 0.0550. The van der Waals surface area contributed by atoms with Crippen molar-refractivity contribution in [2.45, 2.75) is 19.8 Å². The lowest BCUT2D eigenvalue weighted by Gasteiger charge is -2.32. The van der Waals surface area contributed by atoms with E-state index in [0.717, 1.165) is 31.7 Å². The van der Waals surface area contributed by atoms with Crippen LogP contribution in [-0.4, -0.2) is 42.2 Å². The van der Waals surface area contributed by atoms with E-state index >= 15 is 0 Å². The van der Waals surface area contributed by atoms with Gasteiger partial charge >= 0.3 is 0 Å². The molecule has 0 aliphatic carbocycles. The van der Waals surface area contributed by atoms with Crippen LogP contribution in [0.4, 0.5) is 5.82 Å². The highest BCUT2D eigenvalue weighted by atomic mass is 35.5. The average Bonchev–Trinajstić information content (AvgIpc) is 2.53. The Balaban J connectivity index is 1.80. The van der Waals surface area contributed by atoms with Gasteiger partial charge in [-0.2, -0.15) is 0 Å². The van der Waals surface area contributed by atoms with Crippen molar-refractivity contribution in [3.05, 3.63) is 23.4 Å². The van der Waals surface area contributed by atoms with Gasteiger partial charge in [-0.3, -0.25) is 4.79 Å². The maximum atomic E-state index is 12.1. The number of hydrogen-bond acceptors (Lipinski definition) is 4. The van der Waals surface area contributed by atoms with Crippen LogP contribution in [0.15, 0.2) is 18.3 Å². The standard InChI is InChI=1S/C15H22ClN3O2/c1-11(10-20)8-18-15(21)12-4-6-19(7-5-12)14-3-2-13(16)9-17-14/h2-3,9,11-12,20H,4-8,10H2,1H3,(H,18,21). The third-order valence-electron chi connectivity index (χ3n) is 3.84. The second-order valence-corrected chi connectivity index (χ2v) is 6.07. The van der Waals surface area contributed by atoms with Crippen LogP contribution in [0.5, 0.6) is 0 Å². The first-order valence-corrected chi connectivity index (χ1v) is 7.73. The molecule has 0 saturated carbocycles. The first-order chi connectivity index (χ1) is 10.1. The van der Waals surface area contributed by atoms with Gasteiger partial charge in [0, 0.05) is 38.4 Å². The molecule has 1 aromatic rings. The smallest absolute Gasteiger partial charge is 0.223 e. The Morgan fingerprint density at radius 2 is 2.24 bits per heavy atom. The van der Waals surface area contributed by atoms with Crippen LogP contribution in [-0.2, 0) is 4.79 Å². The topological polar surface area (TPSA) is 65.5 Å². The third-order valence-corrected chi connectivity index (χ3v) is 4.06. The van der Waals surface area contributed by atoms with Crippen molar-refractivity contribution in [1.82, 2.24) is 10.3 Å². The maximum Gasteiger partial charge on any atom is 0.223 e. The van der Waals surface area contributed by atoms with Crippen LogP contribution in [0, 0.1) is 11.8 Å². The van der Waals surface area contributed by atoms with Crippen LogP contribution in [0.2, 0.25) is 5.02 Å². The molecule has 5 nitrogen and oxygen atoms in total. The van der Waals surface area contributed by atoms with Crippen molar-refractivity contribution in [3.63, 3.8) is 0 Å². The first-order valence-electron chi connectivity index (χ1n) is 7.35. The van der Waals surface area contributed by atoms with Gasteiger partial charge in [0.05, 0.1) is 5.02 Å². The minimum absolute atomic E-state index is 0.0550. The van der Waals surface area contributed by atoms with E-state index in [1.165, 1.54) is 0 Å². The van der Waals surface area contributed by atoms with Crippen LogP contribution in [0.3, 0.4) is 0 Å². The number of carbonyl (C=O) groups is 1. The number of hydrogen-bond donors (Lipinski definition) is 2. The molecule has 0 radical (unpaired) electrons. The van der Waals surface area contributed by atoms with Gasteiger partial charge in [-0.25, -0.2) is 4.98 Å². The zero-order chi connectivity index (χ0) is 15.2. The Hall–Kier alpha value is -1.33. The van der Waals surface area contributed by atoms with Crippen LogP contribution >= 0.6 is 11.6 Å². The zero-order valence-electron chi connectivity index (χ0n) is 12.3. The molecular formula is C15H22ClN3O2. The first kappa shape index (κ1) is 16.0. The molecule has 2 heterocycles. The number of amides is 1. The van der Waals surface area contributed by atoms with Crippen LogP contribution in [0.1, 0.15) is 19.8 Å². The van der Waals surface area contributed by atoms with Gasteiger partial charge in [-0.1, -0.05) is 18.5 Å².